The van der Waals surface area contributed by atoms with Crippen molar-refractivity contribution in [3.63, 3.8) is 0 Å². The van der Waals surface area contributed by atoms with Gasteiger partial charge in [0.1, 0.15) is 0 Å². The molecule has 0 aliphatic rings. The Hall–Kier alpha value is -0.00519. The summed E-state index contributed by atoms with van der Waals surface area (Å²) in [4.78, 5) is 0. The predicted molar refractivity (Wildman–Crippen MR) is 17.9 cm³/mol. The molecule has 0 atom stereocenters. The summed E-state index contributed by atoms with van der Waals surface area (Å²) in [6.45, 7) is 0. The molecular formula is B3O. The molecule has 0 aromatic heterocycles. The molecule has 0 N–H and O–H groups in total. The van der Waals surface area contributed by atoms with Gasteiger partial charge in [0, 0.05) is 16.8 Å². The normalized spacial score (nSPS) is 0.750. The van der Waals surface area contributed by atoms with E-state index in [4.69, 9.17) is 4.70 Å². The van der Waals surface area contributed by atoms with Crippen LogP contribution in [0.15, 0.2) is 0 Å². The SMILES string of the molecule is [B].[B].[B]=O. The van der Waals surface area contributed by atoms with Crippen molar-refractivity contribution in [3.8, 4) is 0 Å². The Morgan fingerprint density at radius 1 is 1.00 bits per heavy atom. The van der Waals surface area contributed by atoms with Gasteiger partial charge in [-0.3, -0.25) is 0 Å². The molecule has 0 aromatic carbocycles. The minimum atomic E-state index is 0. The van der Waals surface area contributed by atoms with E-state index in [9.17, 15) is 0 Å². The summed E-state index contributed by atoms with van der Waals surface area (Å²) in [6, 6.07) is 0. The molecule has 0 rings (SSSR count). The molecular weight excluding hydrogens is 48.4 g/mol. The van der Waals surface area contributed by atoms with Crippen LogP contribution in [0.4, 0.5) is 0 Å². The van der Waals surface area contributed by atoms with Crippen molar-refractivity contribution in [2.75, 3.05) is 0 Å². The van der Waals surface area contributed by atoms with Gasteiger partial charge in [0.2, 0.25) is 0 Å². The van der Waals surface area contributed by atoms with E-state index in [-0.39, 0.29) is 16.8 Å². The first-order valence-electron chi connectivity index (χ1n) is 0.236. The Balaban J connectivity index is -0.00000000500. The van der Waals surface area contributed by atoms with Crippen molar-refractivity contribution in [1.82, 2.24) is 0 Å². The van der Waals surface area contributed by atoms with Gasteiger partial charge in [-0.2, -0.15) is 0 Å². The van der Waals surface area contributed by atoms with Crippen molar-refractivity contribution in [1.29, 1.82) is 0 Å². The van der Waals surface area contributed by atoms with E-state index >= 15 is 0 Å². The van der Waals surface area contributed by atoms with E-state index in [0.29, 0.717) is 0 Å². The predicted octanol–water partition coefficient (Wildman–Crippen LogP) is -1.26. The zero-order valence-corrected chi connectivity index (χ0v) is 2.14. The van der Waals surface area contributed by atoms with Crippen molar-refractivity contribution >= 4 is 24.5 Å². The summed E-state index contributed by atoms with van der Waals surface area (Å²) in [5.41, 5.74) is 0. The van der Waals surface area contributed by atoms with E-state index in [2.05, 4.69) is 7.72 Å². The van der Waals surface area contributed by atoms with E-state index in [1.54, 1.807) is 0 Å². The van der Waals surface area contributed by atoms with Crippen LogP contribution in [0, 0.1) is 0 Å². The van der Waals surface area contributed by atoms with Gasteiger partial charge in [0.05, 0.1) is 0 Å². The average Bonchev–Trinajstić information content (AvgIpc) is 1.00. The van der Waals surface area contributed by atoms with Crippen LogP contribution in [0.1, 0.15) is 0 Å². The summed E-state index contributed by atoms with van der Waals surface area (Å²) in [5, 5.41) is 0. The topological polar surface area (TPSA) is 17.1 Å². The molecule has 1 nitrogen and oxygen atoms in total. The van der Waals surface area contributed by atoms with E-state index in [1.165, 1.54) is 0 Å². The molecule has 0 saturated carbocycles. The molecule has 7 radical (unpaired) electrons. The first-order valence-corrected chi connectivity index (χ1v) is 0.236. The molecule has 0 bridgehead atoms. The third kappa shape index (κ3) is 73200. The van der Waals surface area contributed by atoms with Crippen LogP contribution in [0.25, 0.3) is 0 Å². The van der Waals surface area contributed by atoms with Gasteiger partial charge < -0.3 is 0 Å². The second-order valence-electron chi connectivity index (χ2n) is 0. The third-order valence-electron chi connectivity index (χ3n) is 0. The number of hydrogen-bond donors (Lipinski definition) is 0. The molecule has 4 heteroatoms. The first-order chi connectivity index (χ1) is 1.00. The van der Waals surface area contributed by atoms with Crippen LogP contribution < -0.4 is 0 Å². The van der Waals surface area contributed by atoms with Crippen LogP contribution in [0.2, 0.25) is 0 Å². The van der Waals surface area contributed by atoms with Crippen molar-refractivity contribution in [2.45, 2.75) is 0 Å². The zero-order chi connectivity index (χ0) is 2.00. The molecule has 0 fully saturated rings. The van der Waals surface area contributed by atoms with Gasteiger partial charge in [-0.05, 0) is 0 Å². The summed E-state index contributed by atoms with van der Waals surface area (Å²) in [5.74, 6) is 0. The van der Waals surface area contributed by atoms with Crippen molar-refractivity contribution in [3.05, 3.63) is 0 Å². The van der Waals surface area contributed by atoms with Crippen LogP contribution in [-0.4, -0.2) is 24.5 Å². The molecule has 0 amide bonds. The molecule has 0 spiro atoms. The zero-order valence-electron chi connectivity index (χ0n) is 2.14. The third-order valence-corrected chi connectivity index (χ3v) is 0. The Morgan fingerprint density at radius 2 is 1.00 bits per heavy atom. The van der Waals surface area contributed by atoms with Crippen LogP contribution in [0.5, 0.6) is 0 Å². The van der Waals surface area contributed by atoms with Crippen molar-refractivity contribution in [2.24, 2.45) is 0 Å². The summed E-state index contributed by atoms with van der Waals surface area (Å²) in [7, 11) is 3.25. The molecule has 0 aromatic rings. The molecule has 0 aliphatic heterocycles. The van der Waals surface area contributed by atoms with Crippen molar-refractivity contribution < 1.29 is 4.70 Å². The van der Waals surface area contributed by atoms with Gasteiger partial charge in [0.15, 0.2) is 0 Å². The molecule has 0 aliphatic carbocycles. The second kappa shape index (κ2) is 442000. The van der Waals surface area contributed by atoms with Gasteiger partial charge in [-0.1, -0.05) is 0 Å². The Morgan fingerprint density at radius 3 is 1.00 bits per heavy atom. The Bertz CT molecular complexity index is 3.25. The fourth-order valence-corrected chi connectivity index (χ4v) is 0. The standard InChI is InChI=1S/BO.2B/c1-2;;. The second-order valence-corrected chi connectivity index (χ2v) is 0. The van der Waals surface area contributed by atoms with Gasteiger partial charge >= 0.3 is 12.4 Å². The fraction of sp³-hybridized carbons (Fsp3) is 0. The van der Waals surface area contributed by atoms with Gasteiger partial charge in [-0.25, -0.2) is 0 Å². The monoisotopic (exact) mass is 49.0 g/mol. The molecule has 0 heterocycles. The van der Waals surface area contributed by atoms with E-state index < -0.39 is 0 Å². The molecule has 4 heavy (non-hydrogen) atoms. The van der Waals surface area contributed by atoms with Crippen LogP contribution in [-0.2, 0) is 4.70 Å². The van der Waals surface area contributed by atoms with Gasteiger partial charge in [-0.15, -0.1) is 0 Å². The molecule has 0 saturated heterocycles. The quantitative estimate of drug-likeness (QED) is 0.312. The minimum absolute atomic E-state index is 0. The molecule has 15 valence electrons. The summed E-state index contributed by atoms with van der Waals surface area (Å²) in [6.07, 6.45) is 0. The average molecular weight is 48.4 g/mol. The first kappa shape index (κ1) is 36.2. The maximum atomic E-state index is 7.75. The summed E-state index contributed by atoms with van der Waals surface area (Å²) >= 11 is 0. The Labute approximate surface area is 30.3 Å². The number of rotatable bonds is 0. The van der Waals surface area contributed by atoms with E-state index in [0.717, 1.165) is 0 Å². The number of hydrogen-bond acceptors (Lipinski definition) is 1. The molecule has 0 unspecified atom stereocenters. The van der Waals surface area contributed by atoms with Gasteiger partial charge in [0.25, 0.3) is 0 Å². The van der Waals surface area contributed by atoms with Crippen LogP contribution in [0.3, 0.4) is 0 Å². The summed E-state index contributed by atoms with van der Waals surface area (Å²) < 4.78 is 7.75. The maximum absolute atomic E-state index is 7.75. The van der Waals surface area contributed by atoms with E-state index in [1.807, 2.05) is 0 Å². The Kier molecular flexibility index (Phi) is 4000000. The van der Waals surface area contributed by atoms with Crippen LogP contribution >= 0.6 is 0 Å². The fourth-order valence-electron chi connectivity index (χ4n) is 0.